The van der Waals surface area contributed by atoms with E-state index in [1.807, 2.05) is 18.2 Å². The molecule has 0 bridgehead atoms. The molecule has 0 radical (unpaired) electrons. The molecule has 0 aromatic heterocycles. The van der Waals surface area contributed by atoms with Crippen LogP contribution in [0.1, 0.15) is 36.5 Å². The van der Waals surface area contributed by atoms with Crippen LogP contribution in [0.15, 0.2) is 35.1 Å². The minimum Gasteiger partial charge on any atom is -0.508 e. The molecular weight excluding hydrogens is 526 g/mol. The van der Waals surface area contributed by atoms with Crippen molar-refractivity contribution in [1.29, 1.82) is 0 Å². The number of carbonyl (C=O) groups excluding carboxylic acids is 3. The molecule has 10 nitrogen and oxygen atoms in total. The molecule has 6 rings (SSSR count). The van der Waals surface area contributed by atoms with Gasteiger partial charge in [-0.2, -0.15) is 0 Å². The van der Waals surface area contributed by atoms with Crippen LogP contribution < -0.4 is 5.32 Å². The molecular formula is C31H35N3O7. The number of hydrogen-bond donors (Lipinski definition) is 5. The minimum absolute atomic E-state index is 0.0850. The first-order valence-electron chi connectivity index (χ1n) is 14.0. The van der Waals surface area contributed by atoms with Gasteiger partial charge in [-0.3, -0.25) is 24.2 Å². The van der Waals surface area contributed by atoms with Gasteiger partial charge in [0.05, 0.1) is 11.6 Å². The van der Waals surface area contributed by atoms with Crippen molar-refractivity contribution in [2.24, 2.45) is 11.8 Å². The Morgan fingerprint density at radius 2 is 1.85 bits per heavy atom. The van der Waals surface area contributed by atoms with Crippen LogP contribution in [0.3, 0.4) is 0 Å². The Labute approximate surface area is 237 Å². The molecule has 216 valence electrons. The topological polar surface area (TPSA) is 151 Å². The number of phenolic OH excluding ortho intramolecular Hbond substituents is 1. The largest absolute Gasteiger partial charge is 0.508 e. The zero-order valence-corrected chi connectivity index (χ0v) is 23.6. The number of Topliss-reactive ketones (excluding diaryl/α,β-unsaturated/α-hetero) is 3. The summed E-state index contributed by atoms with van der Waals surface area (Å²) in [6.07, 6.45) is 1.49. The number of likely N-dealkylation sites (N-methyl/N-ethyl adjacent to an activating group) is 1. The smallest absolute Gasteiger partial charge is 0.202 e. The fourth-order valence-corrected chi connectivity index (χ4v) is 7.45. The zero-order valence-electron chi connectivity index (χ0n) is 23.6. The molecule has 4 aliphatic rings. The van der Waals surface area contributed by atoms with Crippen LogP contribution in [-0.2, 0) is 27.3 Å². The standard InChI is InChI=1S/C31H35N3O7/c1-14(35)21-28(38)25(33(3)4)20-12-16-11-19-23(27(37)22(16)30(40)31(20,41)29(21)39)26(36)18-10-15(13-34-8-5-9-34)6-7-17(18)24(19)32-2/h6-7,10,16,20,25,32,36-37,39,41H,5,8-9,11-13H2,1-4H3/t16-,20-,25-,31+/m0/s1. The summed E-state index contributed by atoms with van der Waals surface area (Å²) in [7, 11) is 4.99. The maximum atomic E-state index is 14.1. The molecule has 2 fully saturated rings. The molecule has 0 unspecified atom stereocenters. The molecule has 2 aromatic carbocycles. The summed E-state index contributed by atoms with van der Waals surface area (Å²) in [4.78, 5) is 43.7. The van der Waals surface area contributed by atoms with Crippen molar-refractivity contribution in [3.8, 4) is 5.75 Å². The van der Waals surface area contributed by atoms with Crippen molar-refractivity contribution in [1.82, 2.24) is 9.80 Å². The minimum atomic E-state index is -2.58. The van der Waals surface area contributed by atoms with Gasteiger partial charge in [-0.25, -0.2) is 0 Å². The Hall–Kier alpha value is -3.73. The molecule has 41 heavy (non-hydrogen) atoms. The molecule has 3 aliphatic carbocycles. The first-order valence-corrected chi connectivity index (χ1v) is 14.0. The van der Waals surface area contributed by atoms with Crippen LogP contribution in [0.2, 0.25) is 0 Å². The van der Waals surface area contributed by atoms with Crippen molar-refractivity contribution < 1.29 is 34.8 Å². The zero-order chi connectivity index (χ0) is 29.5. The first kappa shape index (κ1) is 27.4. The van der Waals surface area contributed by atoms with Crippen molar-refractivity contribution in [2.75, 3.05) is 39.5 Å². The average Bonchev–Trinajstić information content (AvgIpc) is 2.88. The average molecular weight is 562 g/mol. The van der Waals surface area contributed by atoms with E-state index in [0.717, 1.165) is 43.9 Å². The van der Waals surface area contributed by atoms with Gasteiger partial charge in [-0.15, -0.1) is 0 Å². The van der Waals surface area contributed by atoms with E-state index in [-0.39, 0.29) is 29.7 Å². The number of aliphatic hydroxyl groups excluding tert-OH is 2. The number of carbonyl (C=O) groups is 3. The molecule has 5 N–H and O–H groups in total. The van der Waals surface area contributed by atoms with E-state index in [9.17, 15) is 34.8 Å². The van der Waals surface area contributed by atoms with Gasteiger partial charge in [0.2, 0.25) is 5.78 Å². The van der Waals surface area contributed by atoms with E-state index >= 15 is 0 Å². The van der Waals surface area contributed by atoms with Crippen molar-refractivity contribution in [3.63, 3.8) is 0 Å². The lowest BCUT2D eigenvalue weighted by molar-refractivity contribution is -0.153. The van der Waals surface area contributed by atoms with Gasteiger partial charge in [0.1, 0.15) is 22.8 Å². The predicted octanol–water partition coefficient (Wildman–Crippen LogP) is 2.47. The monoisotopic (exact) mass is 561 g/mol. The molecule has 1 saturated heterocycles. The Balaban J connectivity index is 1.55. The number of hydrogen-bond acceptors (Lipinski definition) is 10. The van der Waals surface area contributed by atoms with E-state index < -0.39 is 57.9 Å². The van der Waals surface area contributed by atoms with Crippen LogP contribution in [0.5, 0.6) is 5.75 Å². The third-order valence-corrected chi connectivity index (χ3v) is 9.47. The number of anilines is 1. The summed E-state index contributed by atoms with van der Waals surface area (Å²) < 4.78 is 0. The fourth-order valence-electron chi connectivity index (χ4n) is 7.45. The number of phenols is 1. The van der Waals surface area contributed by atoms with Crippen molar-refractivity contribution in [3.05, 3.63) is 51.8 Å². The number of fused-ring (bicyclic) bond motifs is 4. The molecule has 10 heteroatoms. The van der Waals surface area contributed by atoms with Crippen LogP contribution in [0, 0.1) is 11.8 Å². The number of nitrogens with one attached hydrogen (secondary N) is 1. The number of ketones is 3. The highest BCUT2D eigenvalue weighted by Gasteiger charge is 2.64. The summed E-state index contributed by atoms with van der Waals surface area (Å²) >= 11 is 0. The maximum absolute atomic E-state index is 14.1. The number of rotatable bonds is 5. The highest BCUT2D eigenvalue weighted by molar-refractivity contribution is 6.25. The normalized spacial score (nSPS) is 28.0. The van der Waals surface area contributed by atoms with E-state index in [4.69, 9.17) is 0 Å². The fraction of sp³-hybridized carbons (Fsp3) is 0.452. The summed E-state index contributed by atoms with van der Waals surface area (Å²) in [6, 6.07) is 4.83. The van der Waals surface area contributed by atoms with Gasteiger partial charge < -0.3 is 25.7 Å². The number of nitrogens with zero attached hydrogens (tertiary/aromatic N) is 2. The Morgan fingerprint density at radius 1 is 1.15 bits per heavy atom. The molecule has 2 aromatic rings. The lowest BCUT2D eigenvalue weighted by Gasteiger charge is -2.50. The SMILES string of the molecule is CNc1c2c(c(O)c3cc(CN4CCC4)ccc13)C(O)=C1C(=O)[C@]3(O)C(O)=C(C(C)=O)C(=O)[C@@H](N(C)C)[C@@H]3C[C@@H]1C2. The molecule has 0 spiro atoms. The van der Waals surface area contributed by atoms with Crippen LogP contribution in [0.25, 0.3) is 16.5 Å². The lowest BCUT2D eigenvalue weighted by atomic mass is 9.57. The number of benzene rings is 2. The summed E-state index contributed by atoms with van der Waals surface area (Å²) in [5, 5.41) is 50.7. The van der Waals surface area contributed by atoms with E-state index in [1.165, 1.54) is 0 Å². The third kappa shape index (κ3) is 3.70. The molecule has 1 aliphatic heterocycles. The van der Waals surface area contributed by atoms with Crippen LogP contribution >= 0.6 is 0 Å². The number of likely N-dealkylation sites (tertiary alicyclic amines) is 1. The van der Waals surface area contributed by atoms with Gasteiger partial charge in [-0.05, 0) is 76.5 Å². The molecule has 0 amide bonds. The Kier molecular flexibility index (Phi) is 6.29. The van der Waals surface area contributed by atoms with E-state index in [1.54, 1.807) is 26.0 Å². The Morgan fingerprint density at radius 3 is 2.44 bits per heavy atom. The van der Waals surface area contributed by atoms with Crippen molar-refractivity contribution >= 4 is 39.6 Å². The summed E-state index contributed by atoms with van der Waals surface area (Å²) in [5.74, 6) is -5.63. The van der Waals surface area contributed by atoms with Gasteiger partial charge >= 0.3 is 0 Å². The second-order valence-electron chi connectivity index (χ2n) is 12.0. The van der Waals surface area contributed by atoms with Gasteiger partial charge in [0.25, 0.3) is 0 Å². The Bertz CT molecular complexity index is 1600. The molecule has 1 heterocycles. The van der Waals surface area contributed by atoms with Crippen molar-refractivity contribution in [2.45, 2.75) is 44.4 Å². The number of aromatic hydroxyl groups is 1. The van der Waals surface area contributed by atoms with E-state index in [2.05, 4.69) is 10.2 Å². The highest BCUT2D eigenvalue weighted by atomic mass is 16.3. The quantitative estimate of drug-likeness (QED) is 0.272. The summed E-state index contributed by atoms with van der Waals surface area (Å²) in [5.41, 5.74) is -0.842. The van der Waals surface area contributed by atoms with E-state index in [0.29, 0.717) is 16.6 Å². The van der Waals surface area contributed by atoms with Gasteiger partial charge in [0.15, 0.2) is 17.2 Å². The lowest BCUT2D eigenvalue weighted by Crippen LogP contribution is -2.65. The second-order valence-corrected chi connectivity index (χ2v) is 12.0. The van der Waals surface area contributed by atoms with Gasteiger partial charge in [-0.1, -0.05) is 12.1 Å². The third-order valence-electron chi connectivity index (χ3n) is 9.47. The highest BCUT2D eigenvalue weighted by Crippen LogP contribution is 2.55. The predicted molar refractivity (Wildman–Crippen MR) is 153 cm³/mol. The van der Waals surface area contributed by atoms with Crippen LogP contribution in [0.4, 0.5) is 5.69 Å². The van der Waals surface area contributed by atoms with Gasteiger partial charge in [0, 0.05) is 41.5 Å². The van der Waals surface area contributed by atoms with Crippen LogP contribution in [-0.4, -0.2) is 93.5 Å². The second kappa shape index (κ2) is 9.40. The first-order chi connectivity index (χ1) is 19.4. The molecule has 4 atom stereocenters. The molecule has 1 saturated carbocycles. The number of aliphatic hydroxyl groups is 3. The summed E-state index contributed by atoms with van der Waals surface area (Å²) in [6.45, 7) is 3.87. The maximum Gasteiger partial charge on any atom is 0.202 e.